The van der Waals surface area contributed by atoms with Crippen molar-refractivity contribution in [2.45, 2.75) is 13.8 Å². The molecule has 0 aliphatic rings. The van der Waals surface area contributed by atoms with Crippen molar-refractivity contribution >= 4 is 55.7 Å². The summed E-state index contributed by atoms with van der Waals surface area (Å²) in [7, 11) is 0. The van der Waals surface area contributed by atoms with Gasteiger partial charge in [-0.3, -0.25) is 4.79 Å². The van der Waals surface area contributed by atoms with Crippen molar-refractivity contribution in [2.75, 3.05) is 5.32 Å². The molecule has 2 rings (SSSR count). The average Bonchev–Trinajstić information content (AvgIpc) is 2.68. The molecule has 4 nitrogen and oxygen atoms in total. The number of halogens is 2. The Labute approximate surface area is 138 Å². The molecular weight excluding hydrogens is 378 g/mol. The molecule has 0 unspecified atom stereocenters. The van der Waals surface area contributed by atoms with Gasteiger partial charge in [0.05, 0.1) is 10.6 Å². The van der Waals surface area contributed by atoms with Crippen LogP contribution in [0.4, 0.5) is 5.00 Å². The van der Waals surface area contributed by atoms with E-state index in [1.54, 1.807) is 19.1 Å². The number of carbonyl (C=O) groups excluding carboxylic acids is 1. The number of aromatic carboxylic acids is 1. The van der Waals surface area contributed by atoms with E-state index in [0.29, 0.717) is 25.6 Å². The predicted octanol–water partition coefficient (Wildman–Crippen LogP) is 4.73. The highest BCUT2D eigenvalue weighted by molar-refractivity contribution is 9.10. The molecule has 110 valence electrons. The largest absolute Gasteiger partial charge is 0.478 e. The number of aryl methyl sites for hydroxylation is 1. The van der Waals surface area contributed by atoms with Crippen LogP contribution in [0.25, 0.3) is 0 Å². The number of anilines is 1. The van der Waals surface area contributed by atoms with E-state index in [4.69, 9.17) is 11.6 Å². The number of thiophene rings is 1. The van der Waals surface area contributed by atoms with Crippen LogP contribution in [-0.4, -0.2) is 17.0 Å². The number of nitrogens with one attached hydrogen (secondary N) is 1. The van der Waals surface area contributed by atoms with E-state index in [2.05, 4.69) is 21.2 Å². The minimum Gasteiger partial charge on any atom is -0.478 e. The highest BCUT2D eigenvalue weighted by Crippen LogP contribution is 2.33. The van der Waals surface area contributed by atoms with Crippen molar-refractivity contribution in [3.63, 3.8) is 0 Å². The maximum atomic E-state index is 12.2. The molecule has 21 heavy (non-hydrogen) atoms. The van der Waals surface area contributed by atoms with Crippen LogP contribution in [0.1, 0.15) is 31.2 Å². The number of hydrogen-bond acceptors (Lipinski definition) is 3. The normalized spacial score (nSPS) is 10.5. The van der Waals surface area contributed by atoms with Crippen LogP contribution in [0.5, 0.6) is 0 Å². The number of benzene rings is 1. The zero-order valence-electron chi connectivity index (χ0n) is 11.2. The molecule has 0 aliphatic carbocycles. The van der Waals surface area contributed by atoms with Crippen LogP contribution in [0, 0.1) is 13.8 Å². The van der Waals surface area contributed by atoms with Crippen molar-refractivity contribution in [2.24, 2.45) is 0 Å². The lowest BCUT2D eigenvalue weighted by Gasteiger charge is -2.06. The lowest BCUT2D eigenvalue weighted by molar-refractivity contribution is 0.0697. The maximum Gasteiger partial charge on any atom is 0.338 e. The van der Waals surface area contributed by atoms with Gasteiger partial charge in [-0.1, -0.05) is 11.6 Å². The number of hydrogen-bond donors (Lipinski definition) is 2. The Morgan fingerprint density at radius 2 is 2.00 bits per heavy atom. The molecule has 0 fully saturated rings. The fraction of sp³-hybridized carbons (Fsp3) is 0.143. The van der Waals surface area contributed by atoms with Gasteiger partial charge >= 0.3 is 5.97 Å². The fourth-order valence-corrected chi connectivity index (χ4v) is 3.26. The van der Waals surface area contributed by atoms with Gasteiger partial charge < -0.3 is 10.4 Å². The molecule has 0 bridgehead atoms. The third kappa shape index (κ3) is 3.28. The van der Waals surface area contributed by atoms with Gasteiger partial charge in [0, 0.05) is 14.9 Å². The molecule has 0 aliphatic heterocycles. The third-order valence-electron chi connectivity index (χ3n) is 3.01. The predicted molar refractivity (Wildman–Crippen MR) is 87.9 cm³/mol. The molecule has 2 aromatic rings. The van der Waals surface area contributed by atoms with E-state index < -0.39 is 11.9 Å². The summed E-state index contributed by atoms with van der Waals surface area (Å²) in [6.07, 6.45) is 0. The molecule has 0 radical (unpaired) electrons. The summed E-state index contributed by atoms with van der Waals surface area (Å²) >= 11 is 10.4. The quantitative estimate of drug-likeness (QED) is 0.798. The molecule has 0 spiro atoms. The lowest BCUT2D eigenvalue weighted by Crippen LogP contribution is -2.13. The van der Waals surface area contributed by atoms with Crippen LogP contribution in [0.15, 0.2) is 22.7 Å². The zero-order valence-corrected chi connectivity index (χ0v) is 14.3. The smallest absolute Gasteiger partial charge is 0.338 e. The topological polar surface area (TPSA) is 66.4 Å². The van der Waals surface area contributed by atoms with E-state index >= 15 is 0 Å². The first kappa shape index (κ1) is 16.0. The first-order valence-electron chi connectivity index (χ1n) is 5.91. The third-order valence-corrected chi connectivity index (χ3v) is 5.36. The van der Waals surface area contributed by atoms with Crippen molar-refractivity contribution in [1.82, 2.24) is 0 Å². The highest BCUT2D eigenvalue weighted by Gasteiger charge is 2.20. The maximum absolute atomic E-state index is 12.2. The fourth-order valence-electron chi connectivity index (χ4n) is 1.79. The zero-order chi connectivity index (χ0) is 15.7. The van der Waals surface area contributed by atoms with Crippen molar-refractivity contribution in [1.29, 1.82) is 0 Å². The van der Waals surface area contributed by atoms with Gasteiger partial charge in [0.1, 0.15) is 5.00 Å². The summed E-state index contributed by atoms with van der Waals surface area (Å²) in [4.78, 5) is 24.4. The molecule has 0 atom stereocenters. The van der Waals surface area contributed by atoms with Crippen LogP contribution in [0.2, 0.25) is 5.02 Å². The first-order chi connectivity index (χ1) is 9.81. The summed E-state index contributed by atoms with van der Waals surface area (Å²) in [5, 5.41) is 12.6. The number of carboxylic acid groups (broad SMARTS) is 1. The summed E-state index contributed by atoms with van der Waals surface area (Å²) in [6.45, 7) is 3.54. The molecule has 1 heterocycles. The second-order valence-corrected chi connectivity index (χ2v) is 6.86. The Morgan fingerprint density at radius 3 is 2.57 bits per heavy atom. The Kier molecular flexibility index (Phi) is 4.70. The number of rotatable bonds is 3. The van der Waals surface area contributed by atoms with Gasteiger partial charge in [-0.05, 0) is 53.5 Å². The Hall–Kier alpha value is -1.37. The van der Waals surface area contributed by atoms with Crippen molar-refractivity contribution in [3.8, 4) is 0 Å². The monoisotopic (exact) mass is 387 g/mol. The average molecular weight is 389 g/mol. The van der Waals surface area contributed by atoms with Crippen LogP contribution >= 0.6 is 38.9 Å². The van der Waals surface area contributed by atoms with Crippen molar-refractivity contribution < 1.29 is 14.7 Å². The summed E-state index contributed by atoms with van der Waals surface area (Å²) in [6, 6.07) is 4.80. The Balaban J connectivity index is 2.33. The second-order valence-electron chi connectivity index (χ2n) is 4.38. The van der Waals surface area contributed by atoms with Crippen LogP contribution in [0.3, 0.4) is 0 Å². The molecule has 7 heteroatoms. The van der Waals surface area contributed by atoms with Gasteiger partial charge in [-0.25, -0.2) is 4.79 Å². The second kappa shape index (κ2) is 6.17. The lowest BCUT2D eigenvalue weighted by atomic mass is 10.1. The van der Waals surface area contributed by atoms with Gasteiger partial charge in [-0.15, -0.1) is 11.3 Å². The first-order valence-corrected chi connectivity index (χ1v) is 7.89. The van der Waals surface area contributed by atoms with Crippen molar-refractivity contribution in [3.05, 3.63) is 49.3 Å². The van der Waals surface area contributed by atoms with E-state index in [0.717, 1.165) is 4.88 Å². The molecule has 1 aromatic heterocycles. The number of amides is 1. The minimum absolute atomic E-state index is 0.133. The summed E-state index contributed by atoms with van der Waals surface area (Å²) < 4.78 is 0.690. The van der Waals surface area contributed by atoms with E-state index in [9.17, 15) is 14.7 Å². The number of carboxylic acids is 1. The molecular formula is C14H11BrClNO3S. The van der Waals surface area contributed by atoms with Crippen LogP contribution in [-0.2, 0) is 0 Å². The standard InChI is InChI=1S/C14H11BrClNO3S/c1-6-7(2)21-13(11(6)14(19)20)17-12(18)8-3-4-9(15)10(16)5-8/h3-5H,1-2H3,(H,17,18)(H,19,20). The van der Waals surface area contributed by atoms with E-state index in [1.807, 2.05) is 6.92 Å². The molecule has 2 N–H and O–H groups in total. The number of carbonyl (C=O) groups is 2. The van der Waals surface area contributed by atoms with Gasteiger partial charge in [-0.2, -0.15) is 0 Å². The summed E-state index contributed by atoms with van der Waals surface area (Å²) in [5.41, 5.74) is 1.16. The van der Waals surface area contributed by atoms with E-state index in [1.165, 1.54) is 17.4 Å². The highest BCUT2D eigenvalue weighted by atomic mass is 79.9. The summed E-state index contributed by atoms with van der Waals surface area (Å²) in [5.74, 6) is -1.45. The molecule has 0 saturated heterocycles. The Morgan fingerprint density at radius 1 is 1.33 bits per heavy atom. The van der Waals surface area contributed by atoms with Gasteiger partial charge in [0.25, 0.3) is 5.91 Å². The van der Waals surface area contributed by atoms with Gasteiger partial charge in [0.2, 0.25) is 0 Å². The molecule has 1 aromatic carbocycles. The molecule has 1 amide bonds. The minimum atomic E-state index is -1.05. The van der Waals surface area contributed by atoms with Gasteiger partial charge in [0.15, 0.2) is 0 Å². The van der Waals surface area contributed by atoms with Crippen LogP contribution < -0.4 is 5.32 Å². The SMILES string of the molecule is Cc1sc(NC(=O)c2ccc(Br)c(Cl)c2)c(C(=O)O)c1C. The van der Waals surface area contributed by atoms with E-state index in [-0.39, 0.29) is 5.56 Å². The molecule has 0 saturated carbocycles. The Bertz CT molecular complexity index is 742.